The van der Waals surface area contributed by atoms with Crippen molar-refractivity contribution in [2.24, 2.45) is 11.8 Å². The third kappa shape index (κ3) is 5.30. The largest absolute Gasteiger partial charge is 0.465 e. The molecule has 0 saturated carbocycles. The van der Waals surface area contributed by atoms with Crippen molar-refractivity contribution in [3.05, 3.63) is 67.4 Å². The zero-order chi connectivity index (χ0) is 28.6. The minimum absolute atomic E-state index is 0.158. The van der Waals surface area contributed by atoms with Crippen molar-refractivity contribution in [2.75, 3.05) is 24.9 Å². The van der Waals surface area contributed by atoms with Crippen LogP contribution in [0.25, 0.3) is 0 Å². The Bertz CT molecular complexity index is 1390. The van der Waals surface area contributed by atoms with Crippen molar-refractivity contribution in [3.63, 3.8) is 0 Å². The Morgan fingerprint density at radius 2 is 1.12 bits per heavy atom. The summed E-state index contributed by atoms with van der Waals surface area (Å²) < 4.78 is 10.1. The summed E-state index contributed by atoms with van der Waals surface area (Å²) in [5.74, 6) is -0.999. The zero-order valence-electron chi connectivity index (χ0n) is 23.0. The molecule has 2 aliphatic carbocycles. The summed E-state index contributed by atoms with van der Waals surface area (Å²) in [5.41, 5.74) is 2.97. The smallest absolute Gasteiger partial charge is 0.341 e. The van der Waals surface area contributed by atoms with Crippen molar-refractivity contribution >= 4 is 56.4 Å². The number of anilines is 2. The number of esters is 2. The van der Waals surface area contributed by atoms with Gasteiger partial charge in [0, 0.05) is 9.75 Å². The minimum atomic E-state index is -0.505. The SMILES string of the molecule is COC(=O)c1c(NC(=O)c2ccccc2C(=O)Nc2sc3c(c2C(=O)OC)CCC(C)C3)sc2c1CCC(C)C2. The van der Waals surface area contributed by atoms with Crippen LogP contribution >= 0.6 is 22.7 Å². The predicted molar refractivity (Wildman–Crippen MR) is 156 cm³/mol. The number of fused-ring (bicyclic) bond motifs is 2. The lowest BCUT2D eigenvalue weighted by atomic mass is 9.88. The minimum Gasteiger partial charge on any atom is -0.465 e. The lowest BCUT2D eigenvalue weighted by Crippen LogP contribution is -2.21. The van der Waals surface area contributed by atoms with Gasteiger partial charge in [0.1, 0.15) is 10.0 Å². The number of methoxy groups -OCH3 is 2. The first-order chi connectivity index (χ1) is 19.2. The van der Waals surface area contributed by atoms with Gasteiger partial charge in [-0.05, 0) is 73.6 Å². The van der Waals surface area contributed by atoms with Gasteiger partial charge in [-0.2, -0.15) is 0 Å². The van der Waals surface area contributed by atoms with Gasteiger partial charge in [0.2, 0.25) is 0 Å². The maximum Gasteiger partial charge on any atom is 0.341 e. The highest BCUT2D eigenvalue weighted by atomic mass is 32.1. The maximum atomic E-state index is 13.5. The normalized spacial score (nSPS) is 17.8. The number of hydrogen-bond acceptors (Lipinski definition) is 8. The average molecular weight is 581 g/mol. The van der Waals surface area contributed by atoms with Crippen LogP contribution in [0.15, 0.2) is 24.3 Å². The Hall–Kier alpha value is -3.50. The van der Waals surface area contributed by atoms with E-state index in [1.807, 2.05) is 0 Å². The quantitative estimate of drug-likeness (QED) is 0.339. The Labute approximate surface area is 241 Å². The van der Waals surface area contributed by atoms with Crippen molar-refractivity contribution < 1.29 is 28.7 Å². The van der Waals surface area contributed by atoms with Crippen LogP contribution in [0.2, 0.25) is 0 Å². The molecule has 0 aliphatic heterocycles. The molecule has 8 nitrogen and oxygen atoms in total. The van der Waals surface area contributed by atoms with E-state index in [2.05, 4.69) is 24.5 Å². The fourth-order valence-electron chi connectivity index (χ4n) is 5.53. The van der Waals surface area contributed by atoms with E-state index in [9.17, 15) is 19.2 Å². The molecule has 0 saturated heterocycles. The first-order valence-corrected chi connectivity index (χ1v) is 15.0. The van der Waals surface area contributed by atoms with E-state index in [4.69, 9.17) is 9.47 Å². The molecule has 5 rings (SSSR count). The van der Waals surface area contributed by atoms with Crippen LogP contribution < -0.4 is 10.6 Å². The van der Waals surface area contributed by atoms with Crippen LogP contribution in [-0.4, -0.2) is 38.0 Å². The molecule has 2 N–H and O–H groups in total. The van der Waals surface area contributed by atoms with Crippen LogP contribution in [-0.2, 0) is 35.2 Å². The number of amides is 2. The van der Waals surface area contributed by atoms with Crippen molar-refractivity contribution in [1.29, 1.82) is 0 Å². The van der Waals surface area contributed by atoms with Crippen LogP contribution in [0.1, 0.15) is 89.0 Å². The van der Waals surface area contributed by atoms with Gasteiger partial charge in [-0.15, -0.1) is 22.7 Å². The number of carbonyl (C=O) groups excluding carboxylic acids is 4. The number of thiophene rings is 2. The fourth-order valence-corrected chi connectivity index (χ4v) is 8.32. The van der Waals surface area contributed by atoms with Crippen molar-refractivity contribution in [1.82, 2.24) is 0 Å². The van der Waals surface area contributed by atoms with Crippen molar-refractivity contribution in [3.8, 4) is 0 Å². The molecule has 210 valence electrons. The van der Waals surface area contributed by atoms with E-state index in [0.29, 0.717) is 33.0 Å². The molecule has 2 heterocycles. The molecule has 2 amide bonds. The van der Waals surface area contributed by atoms with Crippen LogP contribution in [0.4, 0.5) is 10.0 Å². The molecule has 1 aromatic carbocycles. The molecule has 2 aromatic heterocycles. The lowest BCUT2D eigenvalue weighted by Gasteiger charge is -2.18. The van der Waals surface area contributed by atoms with Gasteiger partial charge >= 0.3 is 11.9 Å². The lowest BCUT2D eigenvalue weighted by molar-refractivity contribution is 0.0591. The first-order valence-electron chi connectivity index (χ1n) is 13.4. The van der Waals surface area contributed by atoms with E-state index in [1.54, 1.807) is 24.3 Å². The van der Waals surface area contributed by atoms with Crippen LogP contribution in [0.3, 0.4) is 0 Å². The van der Waals surface area contributed by atoms with Gasteiger partial charge in [0.15, 0.2) is 0 Å². The molecule has 0 fully saturated rings. The Morgan fingerprint density at radius 3 is 1.50 bits per heavy atom. The Morgan fingerprint density at radius 1 is 0.725 bits per heavy atom. The van der Waals surface area contributed by atoms with Crippen molar-refractivity contribution in [2.45, 2.75) is 52.4 Å². The van der Waals surface area contributed by atoms with E-state index in [-0.39, 0.29) is 11.1 Å². The highest BCUT2D eigenvalue weighted by Gasteiger charge is 2.31. The molecule has 2 unspecified atom stereocenters. The van der Waals surface area contributed by atoms with E-state index < -0.39 is 23.8 Å². The van der Waals surface area contributed by atoms with Gasteiger partial charge in [-0.3, -0.25) is 9.59 Å². The van der Waals surface area contributed by atoms with E-state index in [0.717, 1.165) is 59.4 Å². The molecule has 0 spiro atoms. The zero-order valence-corrected chi connectivity index (χ0v) is 24.6. The predicted octanol–water partition coefficient (Wildman–Crippen LogP) is 6.14. The summed E-state index contributed by atoms with van der Waals surface area (Å²) in [6.07, 6.45) is 5.10. The molecule has 0 radical (unpaired) electrons. The molecule has 2 atom stereocenters. The molecule has 3 aromatic rings. The van der Waals surface area contributed by atoms with Crippen LogP contribution in [0, 0.1) is 11.8 Å². The highest BCUT2D eigenvalue weighted by Crippen LogP contribution is 2.41. The number of hydrogen-bond donors (Lipinski definition) is 2. The van der Waals surface area contributed by atoms with Gasteiger partial charge in [0.05, 0.1) is 36.5 Å². The number of ether oxygens (including phenoxy) is 2. The molecular formula is C30H32N2O6S2. The molecular weight excluding hydrogens is 548 g/mol. The number of nitrogens with one attached hydrogen (secondary N) is 2. The molecule has 40 heavy (non-hydrogen) atoms. The Balaban J connectivity index is 1.44. The average Bonchev–Trinajstić information content (AvgIpc) is 3.48. The van der Waals surface area contributed by atoms with Gasteiger partial charge in [-0.25, -0.2) is 9.59 Å². The maximum absolute atomic E-state index is 13.5. The van der Waals surface area contributed by atoms with E-state index >= 15 is 0 Å². The molecule has 10 heteroatoms. The number of rotatable bonds is 6. The second-order valence-corrected chi connectivity index (χ2v) is 12.8. The summed E-state index contributed by atoms with van der Waals surface area (Å²) in [6.45, 7) is 4.34. The van der Waals surface area contributed by atoms with E-state index in [1.165, 1.54) is 36.9 Å². The summed E-state index contributed by atoms with van der Waals surface area (Å²) in [5, 5.41) is 6.63. The second-order valence-electron chi connectivity index (χ2n) is 10.5. The third-order valence-electron chi connectivity index (χ3n) is 7.67. The number of benzene rings is 1. The van der Waals surface area contributed by atoms with Gasteiger partial charge in [-0.1, -0.05) is 26.0 Å². The molecule has 0 bridgehead atoms. The second kappa shape index (κ2) is 11.5. The van der Waals surface area contributed by atoms with Gasteiger partial charge in [0.25, 0.3) is 11.8 Å². The third-order valence-corrected chi connectivity index (χ3v) is 10.0. The number of carbonyl (C=O) groups is 4. The standard InChI is InChI=1S/C30H32N2O6S2/c1-15-9-11-19-21(13-15)39-27(23(19)29(35)37-3)31-25(33)17-7-5-6-8-18(17)26(34)32-28-24(30(36)38-4)20-12-10-16(2)14-22(20)40-28/h5-8,15-16H,9-14H2,1-4H3,(H,31,33)(H,32,34). The summed E-state index contributed by atoms with van der Waals surface area (Å²) >= 11 is 2.78. The van der Waals surface area contributed by atoms with Gasteiger partial charge < -0.3 is 20.1 Å². The Kier molecular flexibility index (Phi) is 8.09. The first kappa shape index (κ1) is 28.0. The summed E-state index contributed by atoms with van der Waals surface area (Å²) in [7, 11) is 2.66. The highest BCUT2D eigenvalue weighted by molar-refractivity contribution is 7.17. The topological polar surface area (TPSA) is 111 Å². The summed E-state index contributed by atoms with van der Waals surface area (Å²) in [4.78, 5) is 54.6. The fraction of sp³-hybridized carbons (Fsp3) is 0.400. The molecule has 2 aliphatic rings. The monoisotopic (exact) mass is 580 g/mol. The van der Waals surface area contributed by atoms with Crippen LogP contribution in [0.5, 0.6) is 0 Å². The summed E-state index contributed by atoms with van der Waals surface area (Å²) in [6, 6.07) is 6.50.